The van der Waals surface area contributed by atoms with Crippen LogP contribution in [0.1, 0.15) is 12.0 Å². The number of nitrogens with zero attached hydrogens (tertiary/aromatic N) is 3. The van der Waals surface area contributed by atoms with Gasteiger partial charge in [0.1, 0.15) is 11.5 Å². The number of non-ortho nitro benzene ring substituents is 1. The van der Waals surface area contributed by atoms with Gasteiger partial charge in [-0.05, 0) is 18.2 Å². The lowest BCUT2D eigenvalue weighted by Gasteiger charge is -2.13. The van der Waals surface area contributed by atoms with Crippen LogP contribution in [0.15, 0.2) is 41.7 Å². The van der Waals surface area contributed by atoms with Crippen LogP contribution >= 0.6 is 11.6 Å². The summed E-state index contributed by atoms with van der Waals surface area (Å²) in [6.07, 6.45) is -4.56. The number of hydrazine groups is 1. The van der Waals surface area contributed by atoms with Gasteiger partial charge in [0.2, 0.25) is 0 Å². The number of nitrogens with one attached hydrogen (secondary N) is 4. The summed E-state index contributed by atoms with van der Waals surface area (Å²) in [4.78, 5) is 42.7. The van der Waals surface area contributed by atoms with Crippen LogP contribution in [-0.2, 0) is 15.8 Å². The first-order chi connectivity index (χ1) is 16.0. The molecular formula is C18H15ClF3N7O5. The predicted octanol–water partition coefficient (Wildman–Crippen LogP) is 3.07. The first kappa shape index (κ1) is 24.5. The number of pyridine rings is 1. The van der Waals surface area contributed by atoms with Gasteiger partial charge in [-0.3, -0.25) is 20.3 Å². The molecule has 1 aliphatic heterocycles. The Hall–Kier alpha value is -4.14. The lowest BCUT2D eigenvalue weighted by Crippen LogP contribution is -2.46. The summed E-state index contributed by atoms with van der Waals surface area (Å²) in [5.41, 5.74) is 3.26. The Kier molecular flexibility index (Phi) is 7.35. The zero-order chi connectivity index (χ0) is 24.9. The van der Waals surface area contributed by atoms with E-state index in [-0.39, 0.29) is 40.9 Å². The van der Waals surface area contributed by atoms with E-state index in [1.165, 1.54) is 24.3 Å². The van der Waals surface area contributed by atoms with Crippen LogP contribution in [0.3, 0.4) is 0 Å². The Morgan fingerprint density at radius 1 is 1.24 bits per heavy atom. The van der Waals surface area contributed by atoms with E-state index in [0.717, 1.165) is 6.07 Å². The quantitative estimate of drug-likeness (QED) is 0.349. The maximum Gasteiger partial charge on any atom is 0.417 e. The van der Waals surface area contributed by atoms with E-state index in [2.05, 4.69) is 31.6 Å². The normalized spacial score (nSPS) is 15.1. The van der Waals surface area contributed by atoms with Gasteiger partial charge in [0, 0.05) is 30.4 Å². The number of aromatic nitrogens is 1. The smallest absolute Gasteiger partial charge is 0.390 e. The third kappa shape index (κ3) is 6.44. The summed E-state index contributed by atoms with van der Waals surface area (Å²) in [6.45, 7) is 0.0341. The SMILES string of the molecule is O=C(NNC(=O)C1=NO[C@H](CNc2ncc(C(F)(F)F)cc2Cl)C1)Nc1ccc([N+](=O)[O-])cc1. The highest BCUT2D eigenvalue weighted by molar-refractivity contribution is 6.39. The lowest BCUT2D eigenvalue weighted by molar-refractivity contribution is -0.384. The maximum atomic E-state index is 12.7. The fourth-order valence-electron chi connectivity index (χ4n) is 2.62. The molecule has 0 saturated heterocycles. The Balaban J connectivity index is 1.42. The van der Waals surface area contributed by atoms with Crippen LogP contribution < -0.4 is 21.5 Å². The number of oxime groups is 1. The average molecular weight is 502 g/mol. The molecule has 0 saturated carbocycles. The van der Waals surface area contributed by atoms with Gasteiger partial charge in [-0.25, -0.2) is 15.2 Å². The van der Waals surface area contributed by atoms with E-state index in [0.29, 0.717) is 6.20 Å². The Labute approximate surface area is 193 Å². The molecule has 0 bridgehead atoms. The van der Waals surface area contributed by atoms with E-state index >= 15 is 0 Å². The number of hydrogen-bond donors (Lipinski definition) is 4. The molecule has 0 spiro atoms. The molecule has 1 atom stereocenters. The number of rotatable bonds is 6. The van der Waals surface area contributed by atoms with Gasteiger partial charge in [0.05, 0.1) is 22.1 Å². The summed E-state index contributed by atoms with van der Waals surface area (Å²) in [5.74, 6) is -0.757. The van der Waals surface area contributed by atoms with E-state index in [9.17, 15) is 32.9 Å². The van der Waals surface area contributed by atoms with Crippen molar-refractivity contribution in [3.63, 3.8) is 0 Å². The Morgan fingerprint density at radius 2 is 1.94 bits per heavy atom. The molecule has 16 heteroatoms. The number of anilines is 2. The van der Waals surface area contributed by atoms with Gasteiger partial charge in [0.15, 0.2) is 6.10 Å². The molecule has 2 aromatic rings. The van der Waals surface area contributed by atoms with Crippen LogP contribution in [-0.4, -0.2) is 40.2 Å². The molecule has 2 heterocycles. The van der Waals surface area contributed by atoms with Gasteiger partial charge in [-0.2, -0.15) is 13.2 Å². The van der Waals surface area contributed by atoms with Crippen molar-refractivity contribution < 1.29 is 32.5 Å². The molecule has 4 N–H and O–H groups in total. The molecule has 0 unspecified atom stereocenters. The maximum absolute atomic E-state index is 12.7. The minimum Gasteiger partial charge on any atom is -0.390 e. The average Bonchev–Trinajstić information content (AvgIpc) is 3.25. The third-order valence-corrected chi connectivity index (χ3v) is 4.57. The number of halogens is 4. The van der Waals surface area contributed by atoms with Crippen molar-refractivity contribution in [1.29, 1.82) is 0 Å². The first-order valence-electron chi connectivity index (χ1n) is 9.34. The number of alkyl halides is 3. The number of amides is 3. The third-order valence-electron chi connectivity index (χ3n) is 4.29. The van der Waals surface area contributed by atoms with Crippen LogP contribution in [0, 0.1) is 10.1 Å². The van der Waals surface area contributed by atoms with E-state index in [1.54, 1.807) is 0 Å². The van der Waals surface area contributed by atoms with Crippen molar-refractivity contribution >= 4 is 46.4 Å². The van der Waals surface area contributed by atoms with Crippen molar-refractivity contribution in [3.8, 4) is 0 Å². The number of urea groups is 1. The van der Waals surface area contributed by atoms with Crippen LogP contribution in [0.2, 0.25) is 5.02 Å². The molecular weight excluding hydrogens is 487 g/mol. The highest BCUT2D eigenvalue weighted by Crippen LogP contribution is 2.32. The van der Waals surface area contributed by atoms with Crippen molar-refractivity contribution in [2.45, 2.75) is 18.7 Å². The van der Waals surface area contributed by atoms with Gasteiger partial charge in [-0.1, -0.05) is 16.8 Å². The molecule has 3 rings (SSSR count). The van der Waals surface area contributed by atoms with Gasteiger partial charge in [0.25, 0.3) is 11.6 Å². The summed E-state index contributed by atoms with van der Waals surface area (Å²) in [6, 6.07) is 4.92. The number of carbonyl (C=O) groups is 2. The van der Waals surface area contributed by atoms with Crippen molar-refractivity contribution in [3.05, 3.63) is 57.2 Å². The predicted molar refractivity (Wildman–Crippen MR) is 113 cm³/mol. The van der Waals surface area contributed by atoms with Gasteiger partial charge >= 0.3 is 12.2 Å². The summed E-state index contributed by atoms with van der Waals surface area (Å²) >= 11 is 5.82. The summed E-state index contributed by atoms with van der Waals surface area (Å²) in [5, 5.41) is 19.1. The molecule has 34 heavy (non-hydrogen) atoms. The fourth-order valence-corrected chi connectivity index (χ4v) is 2.85. The lowest BCUT2D eigenvalue weighted by atomic mass is 10.1. The van der Waals surface area contributed by atoms with Crippen LogP contribution in [0.5, 0.6) is 0 Å². The minimum absolute atomic E-state index is 0.000695. The van der Waals surface area contributed by atoms with Gasteiger partial charge in [-0.15, -0.1) is 0 Å². The van der Waals surface area contributed by atoms with E-state index < -0.39 is 34.7 Å². The summed E-state index contributed by atoms with van der Waals surface area (Å²) < 4.78 is 38.0. The molecule has 0 aliphatic carbocycles. The molecule has 1 aliphatic rings. The Bertz CT molecular complexity index is 1130. The van der Waals surface area contributed by atoms with Crippen molar-refractivity contribution in [2.75, 3.05) is 17.2 Å². The largest absolute Gasteiger partial charge is 0.417 e. The summed E-state index contributed by atoms with van der Waals surface area (Å²) in [7, 11) is 0. The molecule has 0 radical (unpaired) electrons. The van der Waals surface area contributed by atoms with Crippen molar-refractivity contribution in [2.24, 2.45) is 5.16 Å². The number of nitro groups is 1. The van der Waals surface area contributed by atoms with Gasteiger partial charge < -0.3 is 15.5 Å². The minimum atomic E-state index is -4.58. The highest BCUT2D eigenvalue weighted by Gasteiger charge is 2.32. The standard InChI is InChI=1S/C18H15ClF3N7O5/c19-13-5-9(18(20,21)22)7-23-15(13)24-8-12-6-14(28-34-12)16(30)26-27-17(31)25-10-1-3-11(4-2-10)29(32)33/h1-5,7,12H,6,8H2,(H,23,24)(H,26,30)(H2,25,27,31)/t12-/m0/s1. The molecule has 3 amide bonds. The molecule has 12 nitrogen and oxygen atoms in total. The number of hydrogen-bond acceptors (Lipinski definition) is 8. The Morgan fingerprint density at radius 3 is 2.56 bits per heavy atom. The molecule has 1 aromatic carbocycles. The monoisotopic (exact) mass is 501 g/mol. The first-order valence-corrected chi connectivity index (χ1v) is 9.72. The fraction of sp³-hybridized carbons (Fsp3) is 0.222. The zero-order valence-corrected chi connectivity index (χ0v) is 17.6. The second-order valence-corrected chi connectivity index (χ2v) is 7.15. The van der Waals surface area contributed by atoms with E-state index in [4.69, 9.17) is 16.4 Å². The molecule has 180 valence electrons. The highest BCUT2D eigenvalue weighted by atomic mass is 35.5. The number of benzene rings is 1. The second-order valence-electron chi connectivity index (χ2n) is 6.74. The number of carbonyl (C=O) groups excluding carboxylic acids is 2. The second kappa shape index (κ2) is 10.2. The molecule has 0 fully saturated rings. The number of nitro benzene ring substituents is 1. The van der Waals surface area contributed by atoms with Crippen LogP contribution in [0.4, 0.5) is 35.2 Å². The topological polar surface area (TPSA) is 160 Å². The van der Waals surface area contributed by atoms with Crippen molar-refractivity contribution in [1.82, 2.24) is 15.8 Å². The molecule has 1 aromatic heterocycles. The zero-order valence-electron chi connectivity index (χ0n) is 16.9. The van der Waals surface area contributed by atoms with E-state index in [1.807, 2.05) is 0 Å². The van der Waals surface area contributed by atoms with Crippen LogP contribution in [0.25, 0.3) is 0 Å².